The number of benzene rings is 1. The van der Waals surface area contributed by atoms with Crippen molar-refractivity contribution in [2.45, 2.75) is 51.7 Å². The fraction of sp³-hybridized carbons (Fsp3) is 0.526. The Morgan fingerprint density at radius 1 is 1.38 bits per heavy atom. The molecular weight excluding hydrogens is 260 g/mol. The van der Waals surface area contributed by atoms with Crippen LogP contribution in [0, 0.1) is 11.3 Å². The van der Waals surface area contributed by atoms with Gasteiger partial charge < -0.3 is 4.74 Å². The van der Waals surface area contributed by atoms with Gasteiger partial charge in [0.1, 0.15) is 0 Å². The number of ether oxygens (including phenoxy) is 1. The summed E-state index contributed by atoms with van der Waals surface area (Å²) in [7, 11) is 0. The summed E-state index contributed by atoms with van der Waals surface area (Å²) in [5.74, 6) is 0.650. The lowest BCUT2D eigenvalue weighted by Crippen LogP contribution is -2.37. The maximum atomic E-state index is 12.9. The number of hydrogen-bond acceptors (Lipinski definition) is 2. The third-order valence-corrected chi connectivity index (χ3v) is 5.54. The molecule has 1 saturated carbocycles. The van der Waals surface area contributed by atoms with E-state index in [0.717, 1.165) is 30.4 Å². The van der Waals surface area contributed by atoms with Crippen molar-refractivity contribution in [2.24, 2.45) is 11.3 Å². The summed E-state index contributed by atoms with van der Waals surface area (Å²) < 4.78 is 5.78. The Balaban J connectivity index is 1.76. The molecule has 3 unspecified atom stereocenters. The number of epoxide rings is 1. The molecule has 1 saturated heterocycles. The third kappa shape index (κ3) is 2.46. The molecule has 112 valence electrons. The average Bonchev–Trinajstić information content (AvgIpc) is 3.17. The predicted molar refractivity (Wildman–Crippen MR) is 85.3 cm³/mol. The molecule has 1 aromatic rings. The van der Waals surface area contributed by atoms with Crippen LogP contribution in [0.3, 0.4) is 0 Å². The number of carbonyl (C=O) groups is 1. The fourth-order valence-corrected chi connectivity index (χ4v) is 3.63. The molecule has 2 heteroatoms. The summed E-state index contributed by atoms with van der Waals surface area (Å²) in [6.45, 7) is 10.1. The first-order valence-electron chi connectivity index (χ1n) is 7.82. The lowest BCUT2D eigenvalue weighted by atomic mass is 9.66. The largest absolute Gasteiger partial charge is 0.366 e. The zero-order chi connectivity index (χ0) is 15.3. The maximum Gasteiger partial charge on any atom is 0.168 e. The molecule has 1 aromatic carbocycles. The van der Waals surface area contributed by atoms with Crippen LogP contribution in [-0.2, 0) is 4.74 Å². The minimum Gasteiger partial charge on any atom is -0.366 e. The lowest BCUT2D eigenvalue weighted by Gasteiger charge is -2.35. The van der Waals surface area contributed by atoms with Gasteiger partial charge in [0.2, 0.25) is 0 Å². The molecule has 0 spiro atoms. The molecule has 3 rings (SSSR count). The first-order chi connectivity index (χ1) is 9.87. The van der Waals surface area contributed by atoms with Crippen molar-refractivity contribution in [1.82, 2.24) is 0 Å². The Bertz CT molecular complexity index is 570. The molecule has 1 aliphatic heterocycles. The number of fused-ring (bicyclic) bond motifs is 1. The van der Waals surface area contributed by atoms with E-state index >= 15 is 0 Å². The minimum atomic E-state index is -0.330. The molecule has 3 atom stereocenters. The first kappa shape index (κ1) is 14.5. The predicted octanol–water partition coefficient (Wildman–Crippen LogP) is 4.50. The van der Waals surface area contributed by atoms with Crippen molar-refractivity contribution in [1.29, 1.82) is 0 Å². The van der Waals surface area contributed by atoms with Crippen molar-refractivity contribution in [2.75, 3.05) is 0 Å². The van der Waals surface area contributed by atoms with E-state index in [2.05, 4.69) is 27.4 Å². The van der Waals surface area contributed by atoms with Crippen LogP contribution >= 0.6 is 0 Å². The Hall–Kier alpha value is -1.41. The van der Waals surface area contributed by atoms with Crippen LogP contribution in [0.4, 0.5) is 0 Å². The standard InChI is InChI=1S/C19H24O2/c1-5-13-6-8-14(9-7-13)17(20)18(2,3)15-10-11-19(4)16(12-15)21-19/h5-9,15-16H,1,10-12H2,2-4H3. The summed E-state index contributed by atoms with van der Waals surface area (Å²) in [6, 6.07) is 7.75. The maximum absolute atomic E-state index is 12.9. The summed E-state index contributed by atoms with van der Waals surface area (Å²) in [5, 5.41) is 0. The molecule has 21 heavy (non-hydrogen) atoms. The summed E-state index contributed by atoms with van der Waals surface area (Å²) in [5.41, 5.74) is 1.63. The van der Waals surface area contributed by atoms with Gasteiger partial charge in [0.15, 0.2) is 5.78 Å². The minimum absolute atomic E-state index is 0.112. The number of hydrogen-bond donors (Lipinski definition) is 0. The molecule has 0 N–H and O–H groups in total. The van der Waals surface area contributed by atoms with Gasteiger partial charge in [-0.15, -0.1) is 0 Å². The normalized spacial score (nSPS) is 31.4. The van der Waals surface area contributed by atoms with E-state index in [-0.39, 0.29) is 16.8 Å². The zero-order valence-electron chi connectivity index (χ0n) is 13.2. The van der Waals surface area contributed by atoms with Crippen LogP contribution < -0.4 is 0 Å². The van der Waals surface area contributed by atoms with E-state index in [0.29, 0.717) is 12.0 Å². The van der Waals surface area contributed by atoms with Crippen LogP contribution in [0.2, 0.25) is 0 Å². The molecule has 2 fully saturated rings. The van der Waals surface area contributed by atoms with Gasteiger partial charge in [0.05, 0.1) is 11.7 Å². The molecular formula is C19H24O2. The molecule has 0 amide bonds. The van der Waals surface area contributed by atoms with Gasteiger partial charge in [-0.25, -0.2) is 0 Å². The smallest absolute Gasteiger partial charge is 0.168 e. The topological polar surface area (TPSA) is 29.6 Å². The van der Waals surface area contributed by atoms with E-state index in [1.54, 1.807) is 6.08 Å². The van der Waals surface area contributed by atoms with Crippen LogP contribution in [0.15, 0.2) is 30.8 Å². The van der Waals surface area contributed by atoms with Gasteiger partial charge in [-0.1, -0.05) is 50.8 Å². The summed E-state index contributed by atoms with van der Waals surface area (Å²) in [4.78, 5) is 12.9. The summed E-state index contributed by atoms with van der Waals surface area (Å²) >= 11 is 0. The second-order valence-corrected chi connectivity index (χ2v) is 7.27. The molecule has 1 aliphatic carbocycles. The number of ketones is 1. The van der Waals surface area contributed by atoms with Crippen molar-refractivity contribution >= 4 is 11.9 Å². The van der Waals surface area contributed by atoms with Gasteiger partial charge >= 0.3 is 0 Å². The van der Waals surface area contributed by atoms with Gasteiger partial charge in [0.25, 0.3) is 0 Å². The van der Waals surface area contributed by atoms with Gasteiger partial charge in [-0.3, -0.25) is 4.79 Å². The van der Waals surface area contributed by atoms with Crippen LogP contribution in [0.5, 0.6) is 0 Å². The van der Waals surface area contributed by atoms with Crippen molar-refractivity contribution in [3.63, 3.8) is 0 Å². The molecule has 2 nitrogen and oxygen atoms in total. The highest BCUT2D eigenvalue weighted by Gasteiger charge is 2.57. The first-order valence-corrected chi connectivity index (χ1v) is 7.82. The van der Waals surface area contributed by atoms with Gasteiger partial charge in [0, 0.05) is 11.0 Å². The average molecular weight is 284 g/mol. The fourth-order valence-electron chi connectivity index (χ4n) is 3.63. The Labute approximate surface area is 127 Å². The quantitative estimate of drug-likeness (QED) is 0.602. The van der Waals surface area contributed by atoms with Crippen molar-refractivity contribution in [3.8, 4) is 0 Å². The monoisotopic (exact) mass is 284 g/mol. The second kappa shape index (κ2) is 4.81. The molecule has 0 radical (unpaired) electrons. The molecule has 0 aromatic heterocycles. The number of carbonyl (C=O) groups excluding carboxylic acids is 1. The molecule has 1 heterocycles. The highest BCUT2D eigenvalue weighted by atomic mass is 16.6. The van der Waals surface area contributed by atoms with E-state index in [9.17, 15) is 4.79 Å². The number of rotatable bonds is 4. The van der Waals surface area contributed by atoms with Crippen molar-refractivity contribution < 1.29 is 9.53 Å². The van der Waals surface area contributed by atoms with E-state index in [1.165, 1.54) is 0 Å². The second-order valence-electron chi connectivity index (χ2n) is 7.27. The van der Waals surface area contributed by atoms with Crippen LogP contribution in [0.25, 0.3) is 6.08 Å². The van der Waals surface area contributed by atoms with Crippen LogP contribution in [-0.4, -0.2) is 17.5 Å². The van der Waals surface area contributed by atoms with Gasteiger partial charge in [-0.2, -0.15) is 0 Å². The Morgan fingerprint density at radius 3 is 2.62 bits per heavy atom. The highest BCUT2D eigenvalue weighted by Crippen LogP contribution is 2.53. The lowest BCUT2D eigenvalue weighted by molar-refractivity contribution is 0.0694. The zero-order valence-corrected chi connectivity index (χ0v) is 13.2. The van der Waals surface area contributed by atoms with Crippen molar-refractivity contribution in [3.05, 3.63) is 42.0 Å². The number of Topliss-reactive ketones (excluding diaryl/α,β-unsaturated/α-hetero) is 1. The highest BCUT2D eigenvalue weighted by molar-refractivity contribution is 6.00. The Kier molecular flexibility index (Phi) is 3.32. The Morgan fingerprint density at radius 2 is 2.05 bits per heavy atom. The third-order valence-electron chi connectivity index (χ3n) is 5.54. The molecule has 2 aliphatic rings. The SMILES string of the molecule is C=Cc1ccc(C(=O)C(C)(C)C2CCC3(C)OC3C2)cc1. The van der Waals surface area contributed by atoms with E-state index in [1.807, 2.05) is 24.3 Å². The van der Waals surface area contributed by atoms with E-state index in [4.69, 9.17) is 4.74 Å². The van der Waals surface area contributed by atoms with Gasteiger partial charge in [-0.05, 0) is 37.7 Å². The summed E-state index contributed by atoms with van der Waals surface area (Å²) in [6.07, 6.45) is 5.34. The molecule has 0 bridgehead atoms. The van der Waals surface area contributed by atoms with Crippen LogP contribution in [0.1, 0.15) is 56.0 Å². The van der Waals surface area contributed by atoms with E-state index < -0.39 is 0 Å².